The average Bonchev–Trinajstić information content (AvgIpc) is 2.68. The number of hydrogen-bond donors (Lipinski definition) is 0. The van der Waals surface area contributed by atoms with Crippen molar-refractivity contribution in [3.05, 3.63) is 0 Å². The highest BCUT2D eigenvalue weighted by Crippen LogP contribution is 2.34. The molecule has 2 rings (SSSR count). The molecule has 0 saturated carbocycles. The van der Waals surface area contributed by atoms with Gasteiger partial charge in [0.2, 0.25) is 0 Å². The Morgan fingerprint density at radius 2 is 1.76 bits per heavy atom. The van der Waals surface area contributed by atoms with Gasteiger partial charge in [0.1, 0.15) is 5.60 Å². The molecule has 0 aromatic carbocycles. The predicted molar refractivity (Wildman–Crippen MR) is 70.9 cm³/mol. The molecule has 2 aliphatic heterocycles. The monoisotopic (exact) mass is 235 g/mol. The van der Waals surface area contributed by atoms with Gasteiger partial charge in [0.05, 0.1) is 12.1 Å². The molecule has 2 heteroatoms. The fourth-order valence-electron chi connectivity index (χ4n) is 2.93. The maximum Gasteiger partial charge on any atom is 0.126 e. The Kier molecular flexibility index (Phi) is 3.80. The minimum absolute atomic E-state index is 0.00464. The molecule has 17 heavy (non-hydrogen) atoms. The molecule has 0 aliphatic carbocycles. The van der Waals surface area contributed by atoms with E-state index in [4.69, 9.17) is 4.74 Å². The van der Waals surface area contributed by atoms with Gasteiger partial charge in [-0.2, -0.15) is 0 Å². The lowest BCUT2D eigenvalue weighted by Crippen LogP contribution is -2.42. The molecule has 0 aromatic rings. The standard InChI is InChI=1S/C15H25NO/c1-14(2)8-6-9-15(3,17-14)10-7-13-16-11-4-5-12-16/h4-6,8-9,11-13H2,1-3H3/t15-/m0/s1. The summed E-state index contributed by atoms with van der Waals surface area (Å²) in [4.78, 5) is 2.43. The number of likely N-dealkylation sites (tertiary alicyclic amines) is 1. The van der Waals surface area contributed by atoms with E-state index in [0.29, 0.717) is 0 Å². The van der Waals surface area contributed by atoms with Crippen molar-refractivity contribution >= 4 is 0 Å². The second-order valence-electron chi connectivity index (χ2n) is 6.23. The molecule has 2 nitrogen and oxygen atoms in total. The minimum atomic E-state index is -0.221. The van der Waals surface area contributed by atoms with E-state index >= 15 is 0 Å². The van der Waals surface area contributed by atoms with Crippen LogP contribution in [0.1, 0.15) is 52.9 Å². The van der Waals surface area contributed by atoms with Gasteiger partial charge in [-0.3, -0.25) is 4.90 Å². The van der Waals surface area contributed by atoms with Gasteiger partial charge in [-0.25, -0.2) is 0 Å². The fourth-order valence-corrected chi connectivity index (χ4v) is 2.93. The summed E-state index contributed by atoms with van der Waals surface area (Å²) in [5.74, 6) is 6.69. The van der Waals surface area contributed by atoms with Crippen LogP contribution in [0.4, 0.5) is 0 Å². The third-order valence-corrected chi connectivity index (χ3v) is 3.79. The molecule has 96 valence electrons. The Labute approximate surface area is 106 Å². The van der Waals surface area contributed by atoms with Crippen LogP contribution in [0.3, 0.4) is 0 Å². The van der Waals surface area contributed by atoms with Crippen LogP contribution >= 0.6 is 0 Å². The molecule has 2 fully saturated rings. The van der Waals surface area contributed by atoms with Gasteiger partial charge in [0.15, 0.2) is 0 Å². The number of hydrogen-bond acceptors (Lipinski definition) is 2. The van der Waals surface area contributed by atoms with Crippen molar-refractivity contribution < 1.29 is 4.74 Å². The Morgan fingerprint density at radius 1 is 1.06 bits per heavy atom. The zero-order valence-corrected chi connectivity index (χ0v) is 11.5. The first kappa shape index (κ1) is 12.9. The molecule has 0 aromatic heterocycles. The van der Waals surface area contributed by atoms with Crippen LogP contribution in [-0.2, 0) is 4.74 Å². The van der Waals surface area contributed by atoms with Crippen molar-refractivity contribution in [2.24, 2.45) is 0 Å². The van der Waals surface area contributed by atoms with Crippen LogP contribution in [0.15, 0.2) is 0 Å². The second kappa shape index (κ2) is 5.00. The van der Waals surface area contributed by atoms with E-state index in [2.05, 4.69) is 37.5 Å². The summed E-state index contributed by atoms with van der Waals surface area (Å²) in [6.07, 6.45) is 6.12. The van der Waals surface area contributed by atoms with E-state index in [1.807, 2.05) is 0 Å². The second-order valence-corrected chi connectivity index (χ2v) is 6.23. The van der Waals surface area contributed by atoms with E-state index in [9.17, 15) is 0 Å². The maximum atomic E-state index is 6.13. The molecule has 2 saturated heterocycles. The third-order valence-electron chi connectivity index (χ3n) is 3.79. The summed E-state index contributed by atoms with van der Waals surface area (Å²) >= 11 is 0. The molecular formula is C15H25NO. The molecule has 0 spiro atoms. The van der Waals surface area contributed by atoms with E-state index in [-0.39, 0.29) is 11.2 Å². The quantitative estimate of drug-likeness (QED) is 0.648. The molecule has 0 bridgehead atoms. The van der Waals surface area contributed by atoms with Crippen molar-refractivity contribution in [2.45, 2.75) is 64.1 Å². The Hall–Kier alpha value is -0.520. The smallest absolute Gasteiger partial charge is 0.126 e. The van der Waals surface area contributed by atoms with Crippen LogP contribution in [0.2, 0.25) is 0 Å². The van der Waals surface area contributed by atoms with Crippen molar-refractivity contribution in [1.82, 2.24) is 4.90 Å². The van der Waals surface area contributed by atoms with Crippen LogP contribution in [-0.4, -0.2) is 35.7 Å². The maximum absolute atomic E-state index is 6.13. The van der Waals surface area contributed by atoms with Crippen LogP contribution in [0, 0.1) is 11.8 Å². The fraction of sp³-hybridized carbons (Fsp3) is 0.867. The van der Waals surface area contributed by atoms with Gasteiger partial charge in [-0.1, -0.05) is 11.8 Å². The van der Waals surface area contributed by atoms with Crippen LogP contribution in [0.25, 0.3) is 0 Å². The van der Waals surface area contributed by atoms with Gasteiger partial charge in [0, 0.05) is 0 Å². The summed E-state index contributed by atoms with van der Waals surface area (Å²) in [6.45, 7) is 9.85. The zero-order chi connectivity index (χ0) is 12.4. The first-order chi connectivity index (χ1) is 7.99. The molecule has 0 N–H and O–H groups in total. The first-order valence-corrected chi connectivity index (χ1v) is 6.92. The molecule has 0 unspecified atom stereocenters. The van der Waals surface area contributed by atoms with E-state index in [0.717, 1.165) is 19.4 Å². The highest BCUT2D eigenvalue weighted by Gasteiger charge is 2.35. The topological polar surface area (TPSA) is 12.5 Å². The predicted octanol–water partition coefficient (Wildman–Crippen LogP) is 2.82. The highest BCUT2D eigenvalue weighted by molar-refractivity contribution is 5.15. The van der Waals surface area contributed by atoms with Crippen molar-refractivity contribution in [3.63, 3.8) is 0 Å². The molecule has 2 aliphatic rings. The Morgan fingerprint density at radius 3 is 2.41 bits per heavy atom. The van der Waals surface area contributed by atoms with Crippen LogP contribution < -0.4 is 0 Å². The summed E-state index contributed by atoms with van der Waals surface area (Å²) in [6, 6.07) is 0. The lowest BCUT2D eigenvalue weighted by atomic mass is 9.88. The summed E-state index contributed by atoms with van der Waals surface area (Å²) in [5.41, 5.74) is -0.225. The zero-order valence-electron chi connectivity index (χ0n) is 11.5. The number of ether oxygens (including phenoxy) is 1. The largest absolute Gasteiger partial charge is 0.357 e. The molecular weight excluding hydrogens is 210 g/mol. The first-order valence-electron chi connectivity index (χ1n) is 6.92. The lowest BCUT2D eigenvalue weighted by molar-refractivity contribution is -0.135. The lowest BCUT2D eigenvalue weighted by Gasteiger charge is -2.40. The van der Waals surface area contributed by atoms with Crippen LogP contribution in [0.5, 0.6) is 0 Å². The number of nitrogens with zero attached hydrogens (tertiary/aromatic N) is 1. The molecule has 2 heterocycles. The van der Waals surface area contributed by atoms with Gasteiger partial charge < -0.3 is 4.74 Å². The van der Waals surface area contributed by atoms with E-state index in [1.54, 1.807) is 0 Å². The van der Waals surface area contributed by atoms with Crippen molar-refractivity contribution in [2.75, 3.05) is 19.6 Å². The van der Waals surface area contributed by atoms with Gasteiger partial charge >= 0.3 is 0 Å². The van der Waals surface area contributed by atoms with Crippen molar-refractivity contribution in [3.8, 4) is 11.8 Å². The van der Waals surface area contributed by atoms with Gasteiger partial charge in [-0.05, 0) is 66.0 Å². The Bertz CT molecular complexity index is 320. The molecule has 0 radical (unpaired) electrons. The van der Waals surface area contributed by atoms with Gasteiger partial charge in [-0.15, -0.1) is 0 Å². The molecule has 0 amide bonds. The normalized spacial score (nSPS) is 33.1. The van der Waals surface area contributed by atoms with E-state index in [1.165, 1.54) is 32.4 Å². The van der Waals surface area contributed by atoms with Gasteiger partial charge in [0.25, 0.3) is 0 Å². The van der Waals surface area contributed by atoms with E-state index < -0.39 is 0 Å². The average molecular weight is 235 g/mol. The molecule has 1 atom stereocenters. The minimum Gasteiger partial charge on any atom is -0.357 e. The summed E-state index contributed by atoms with van der Waals surface area (Å²) in [5, 5.41) is 0. The third kappa shape index (κ3) is 3.72. The van der Waals surface area contributed by atoms with Crippen molar-refractivity contribution in [1.29, 1.82) is 0 Å². The SMILES string of the molecule is CC1(C)CCC[C@@](C)(C#CCN2CCCC2)O1. The number of rotatable bonds is 1. The summed E-state index contributed by atoms with van der Waals surface area (Å²) in [7, 11) is 0. The highest BCUT2D eigenvalue weighted by atomic mass is 16.5. The summed E-state index contributed by atoms with van der Waals surface area (Å²) < 4.78 is 6.13. The Balaban J connectivity index is 1.89.